The summed E-state index contributed by atoms with van der Waals surface area (Å²) in [7, 11) is 0. The van der Waals surface area contributed by atoms with Gasteiger partial charge in [-0.25, -0.2) is 0 Å². The molecule has 0 bridgehead atoms. The third-order valence-corrected chi connectivity index (χ3v) is 3.99. The highest BCUT2D eigenvalue weighted by atomic mass is 16.2. The molecule has 118 valence electrons. The number of carbonyl (C=O) groups is 1. The summed E-state index contributed by atoms with van der Waals surface area (Å²) in [5, 5.41) is 3.21. The first-order valence-corrected chi connectivity index (χ1v) is 7.94. The second-order valence-electron chi connectivity index (χ2n) is 6.06. The molecule has 1 saturated carbocycles. The van der Waals surface area contributed by atoms with E-state index in [1.165, 1.54) is 24.0 Å². The molecule has 0 heterocycles. The first kappa shape index (κ1) is 16.5. The summed E-state index contributed by atoms with van der Waals surface area (Å²) < 4.78 is 0. The van der Waals surface area contributed by atoms with Gasteiger partial charge in [-0.1, -0.05) is 42.0 Å². The summed E-state index contributed by atoms with van der Waals surface area (Å²) in [5.74, 6) is 0.653. The zero-order valence-corrected chi connectivity index (χ0v) is 13.4. The third-order valence-electron chi connectivity index (χ3n) is 3.99. The fourth-order valence-electron chi connectivity index (χ4n) is 2.67. The zero-order valence-electron chi connectivity index (χ0n) is 13.4. The van der Waals surface area contributed by atoms with Gasteiger partial charge in [0.05, 0.1) is 12.6 Å². The first-order chi connectivity index (χ1) is 10.6. The standard InChI is InChI=1S/C19H26N2O/c1-4-12-21(13-5-2)14-18(22)20-19(17-10-11-17)16-8-6-15(3)7-9-16/h4-9,17,19H,1-2,10-14H2,3H3,(H,20,22). The van der Waals surface area contributed by atoms with Crippen molar-refractivity contribution in [2.45, 2.75) is 25.8 Å². The molecule has 1 fully saturated rings. The minimum atomic E-state index is 0.0705. The zero-order chi connectivity index (χ0) is 15.9. The van der Waals surface area contributed by atoms with Crippen molar-refractivity contribution in [3.63, 3.8) is 0 Å². The van der Waals surface area contributed by atoms with Crippen molar-refractivity contribution < 1.29 is 4.79 Å². The van der Waals surface area contributed by atoms with E-state index in [9.17, 15) is 4.79 Å². The molecule has 0 aliphatic heterocycles. The number of hydrogen-bond donors (Lipinski definition) is 1. The average Bonchev–Trinajstić information content (AvgIpc) is 3.31. The molecule has 1 N–H and O–H groups in total. The van der Waals surface area contributed by atoms with E-state index in [0.29, 0.717) is 25.6 Å². The molecule has 1 aromatic carbocycles. The lowest BCUT2D eigenvalue weighted by atomic mass is 10.0. The highest BCUT2D eigenvalue weighted by Gasteiger charge is 2.33. The van der Waals surface area contributed by atoms with Gasteiger partial charge in [0, 0.05) is 13.1 Å². The molecule has 0 aromatic heterocycles. The van der Waals surface area contributed by atoms with Gasteiger partial charge < -0.3 is 5.32 Å². The molecule has 0 spiro atoms. The summed E-state index contributed by atoms with van der Waals surface area (Å²) >= 11 is 0. The fraction of sp³-hybridized carbons (Fsp3) is 0.421. The van der Waals surface area contributed by atoms with E-state index in [2.05, 4.69) is 49.7 Å². The van der Waals surface area contributed by atoms with E-state index >= 15 is 0 Å². The van der Waals surface area contributed by atoms with Gasteiger partial charge in [-0.2, -0.15) is 0 Å². The smallest absolute Gasteiger partial charge is 0.234 e. The van der Waals surface area contributed by atoms with E-state index in [4.69, 9.17) is 0 Å². The molecule has 0 saturated heterocycles. The van der Waals surface area contributed by atoms with Crippen LogP contribution >= 0.6 is 0 Å². The Hall–Kier alpha value is -1.87. The summed E-state index contributed by atoms with van der Waals surface area (Å²) in [6.07, 6.45) is 6.02. The van der Waals surface area contributed by atoms with Gasteiger partial charge in [0.25, 0.3) is 0 Å². The Labute approximate surface area is 133 Å². The van der Waals surface area contributed by atoms with Gasteiger partial charge in [0.2, 0.25) is 5.91 Å². The maximum Gasteiger partial charge on any atom is 0.234 e. The predicted molar refractivity (Wildman–Crippen MR) is 91.6 cm³/mol. The van der Waals surface area contributed by atoms with Gasteiger partial charge in [-0.3, -0.25) is 9.69 Å². The van der Waals surface area contributed by atoms with Crippen molar-refractivity contribution in [3.05, 3.63) is 60.7 Å². The van der Waals surface area contributed by atoms with Crippen LogP contribution in [-0.2, 0) is 4.79 Å². The van der Waals surface area contributed by atoms with Crippen molar-refractivity contribution in [3.8, 4) is 0 Å². The lowest BCUT2D eigenvalue weighted by molar-refractivity contribution is -0.122. The number of amides is 1. The van der Waals surface area contributed by atoms with Gasteiger partial charge in [0.1, 0.15) is 0 Å². The van der Waals surface area contributed by atoms with Crippen molar-refractivity contribution in [1.29, 1.82) is 0 Å². The van der Waals surface area contributed by atoms with E-state index in [1.54, 1.807) is 0 Å². The number of hydrogen-bond acceptors (Lipinski definition) is 2. The van der Waals surface area contributed by atoms with Gasteiger partial charge in [-0.05, 0) is 31.2 Å². The fourth-order valence-corrected chi connectivity index (χ4v) is 2.67. The summed E-state index contributed by atoms with van der Waals surface area (Å²) in [4.78, 5) is 14.4. The molecule has 0 radical (unpaired) electrons. The number of benzene rings is 1. The molecule has 1 aromatic rings. The van der Waals surface area contributed by atoms with Crippen molar-refractivity contribution in [2.24, 2.45) is 5.92 Å². The van der Waals surface area contributed by atoms with Crippen LogP contribution in [0.15, 0.2) is 49.6 Å². The lowest BCUT2D eigenvalue weighted by Gasteiger charge is -2.23. The topological polar surface area (TPSA) is 32.3 Å². The Balaban J connectivity index is 1.98. The monoisotopic (exact) mass is 298 g/mol. The summed E-state index contributed by atoms with van der Waals surface area (Å²) in [5.41, 5.74) is 2.45. The molecule has 3 nitrogen and oxygen atoms in total. The summed E-state index contributed by atoms with van der Waals surface area (Å²) in [6.45, 7) is 11.3. The SMILES string of the molecule is C=CCN(CC=C)CC(=O)NC(c1ccc(C)cc1)C1CC1. The quantitative estimate of drug-likeness (QED) is 0.710. The highest BCUT2D eigenvalue weighted by Crippen LogP contribution is 2.41. The van der Waals surface area contributed by atoms with Gasteiger partial charge in [0.15, 0.2) is 0 Å². The van der Waals surface area contributed by atoms with Crippen LogP contribution in [0, 0.1) is 12.8 Å². The van der Waals surface area contributed by atoms with Gasteiger partial charge in [-0.15, -0.1) is 13.2 Å². The molecule has 2 rings (SSSR count). The Morgan fingerprint density at radius 1 is 1.27 bits per heavy atom. The number of rotatable bonds is 9. The minimum absolute atomic E-state index is 0.0705. The van der Waals surface area contributed by atoms with Crippen LogP contribution in [0.1, 0.15) is 30.0 Å². The molecular weight excluding hydrogens is 272 g/mol. The molecule has 1 aliphatic rings. The van der Waals surface area contributed by atoms with E-state index in [0.717, 1.165) is 0 Å². The molecular formula is C19H26N2O. The van der Waals surface area contributed by atoms with Crippen LogP contribution in [0.2, 0.25) is 0 Å². The van der Waals surface area contributed by atoms with Crippen LogP contribution in [0.5, 0.6) is 0 Å². The Kier molecular flexibility index (Phi) is 5.96. The van der Waals surface area contributed by atoms with E-state index < -0.39 is 0 Å². The molecule has 1 atom stereocenters. The molecule has 1 unspecified atom stereocenters. The number of nitrogens with zero attached hydrogens (tertiary/aromatic N) is 1. The molecule has 22 heavy (non-hydrogen) atoms. The largest absolute Gasteiger partial charge is 0.348 e. The van der Waals surface area contributed by atoms with E-state index in [1.807, 2.05) is 17.1 Å². The minimum Gasteiger partial charge on any atom is -0.348 e. The normalized spacial score (nSPS) is 15.4. The predicted octanol–water partition coefficient (Wildman–Crippen LogP) is 3.24. The maximum atomic E-state index is 12.4. The average molecular weight is 298 g/mol. The van der Waals surface area contributed by atoms with Crippen LogP contribution in [0.4, 0.5) is 0 Å². The van der Waals surface area contributed by atoms with Gasteiger partial charge >= 0.3 is 0 Å². The van der Waals surface area contributed by atoms with E-state index in [-0.39, 0.29) is 11.9 Å². The maximum absolute atomic E-state index is 12.4. The van der Waals surface area contributed by atoms with Crippen LogP contribution < -0.4 is 5.32 Å². The first-order valence-electron chi connectivity index (χ1n) is 7.94. The number of carbonyl (C=O) groups excluding carboxylic acids is 1. The molecule has 1 aliphatic carbocycles. The highest BCUT2D eigenvalue weighted by molar-refractivity contribution is 5.78. The summed E-state index contributed by atoms with van der Waals surface area (Å²) in [6, 6.07) is 8.62. The third kappa shape index (κ3) is 4.85. The second kappa shape index (κ2) is 7.95. The van der Waals surface area contributed by atoms with Crippen LogP contribution in [-0.4, -0.2) is 30.4 Å². The molecule has 3 heteroatoms. The Bertz CT molecular complexity index is 507. The van der Waals surface area contributed by atoms with Crippen molar-refractivity contribution >= 4 is 5.91 Å². The van der Waals surface area contributed by atoms with Crippen LogP contribution in [0.3, 0.4) is 0 Å². The van der Waals surface area contributed by atoms with Crippen molar-refractivity contribution in [1.82, 2.24) is 10.2 Å². The number of nitrogens with one attached hydrogen (secondary N) is 1. The van der Waals surface area contributed by atoms with Crippen LogP contribution in [0.25, 0.3) is 0 Å². The second-order valence-corrected chi connectivity index (χ2v) is 6.06. The lowest BCUT2D eigenvalue weighted by Crippen LogP contribution is -2.39. The Morgan fingerprint density at radius 3 is 2.36 bits per heavy atom. The van der Waals surface area contributed by atoms with Crippen molar-refractivity contribution in [2.75, 3.05) is 19.6 Å². The Morgan fingerprint density at radius 2 is 1.86 bits per heavy atom. The molecule has 1 amide bonds. The number of aryl methyl sites for hydroxylation is 1.